The molecular formula is C15H20O4. The molecule has 0 spiro atoms. The minimum atomic E-state index is -0.986. The van der Waals surface area contributed by atoms with Crippen molar-refractivity contribution in [2.75, 3.05) is 6.79 Å². The molecule has 2 atom stereocenters. The van der Waals surface area contributed by atoms with Crippen molar-refractivity contribution in [2.45, 2.75) is 51.0 Å². The fraction of sp³-hybridized carbons (Fsp3) is 0.733. The van der Waals surface area contributed by atoms with Crippen LogP contribution >= 0.6 is 0 Å². The Labute approximate surface area is 113 Å². The predicted molar refractivity (Wildman–Crippen MR) is 68.2 cm³/mol. The lowest BCUT2D eigenvalue weighted by atomic mass is 9.87. The molecule has 0 amide bonds. The average molecular weight is 264 g/mol. The van der Waals surface area contributed by atoms with E-state index >= 15 is 0 Å². The Bertz CT molecular complexity index is 408. The zero-order valence-electron chi connectivity index (χ0n) is 11.1. The summed E-state index contributed by atoms with van der Waals surface area (Å²) in [5, 5.41) is 0. The Kier molecular flexibility index (Phi) is 3.44. The molecule has 0 radical (unpaired) electrons. The van der Waals surface area contributed by atoms with Crippen LogP contribution in [0, 0.1) is 11.3 Å². The largest absolute Gasteiger partial charge is 0.437 e. The molecule has 2 unspecified atom stereocenters. The van der Waals surface area contributed by atoms with Crippen molar-refractivity contribution in [3.63, 3.8) is 0 Å². The Morgan fingerprint density at radius 3 is 2.63 bits per heavy atom. The Balaban J connectivity index is 1.49. The molecule has 19 heavy (non-hydrogen) atoms. The van der Waals surface area contributed by atoms with Gasteiger partial charge in [0.1, 0.15) is 5.41 Å². The molecule has 0 aromatic rings. The van der Waals surface area contributed by atoms with Crippen LogP contribution in [0.15, 0.2) is 12.2 Å². The smallest absolute Gasteiger partial charge is 0.325 e. The molecule has 3 aliphatic carbocycles. The van der Waals surface area contributed by atoms with E-state index in [9.17, 15) is 9.59 Å². The summed E-state index contributed by atoms with van der Waals surface area (Å²) in [4.78, 5) is 24.1. The van der Waals surface area contributed by atoms with Gasteiger partial charge in [0.2, 0.25) is 0 Å². The zero-order valence-corrected chi connectivity index (χ0v) is 11.1. The maximum atomic E-state index is 12.1. The second kappa shape index (κ2) is 5.08. The lowest BCUT2D eigenvalue weighted by Crippen LogP contribution is -2.35. The fourth-order valence-electron chi connectivity index (χ4n) is 3.41. The predicted octanol–water partition coefficient (Wildman–Crippen LogP) is 2.37. The molecule has 3 aliphatic rings. The van der Waals surface area contributed by atoms with Crippen LogP contribution in [0.1, 0.15) is 44.9 Å². The van der Waals surface area contributed by atoms with Crippen molar-refractivity contribution in [2.24, 2.45) is 11.3 Å². The molecule has 3 rings (SSSR count). The van der Waals surface area contributed by atoms with Gasteiger partial charge in [0, 0.05) is 5.92 Å². The van der Waals surface area contributed by atoms with Gasteiger partial charge in [-0.1, -0.05) is 31.4 Å². The number of rotatable bonds is 4. The monoisotopic (exact) mass is 264 g/mol. The van der Waals surface area contributed by atoms with Crippen molar-refractivity contribution in [1.29, 1.82) is 0 Å². The number of hydrogen-bond acceptors (Lipinski definition) is 4. The van der Waals surface area contributed by atoms with Crippen LogP contribution in [0.4, 0.5) is 0 Å². The normalized spacial score (nSPS) is 33.9. The van der Waals surface area contributed by atoms with Gasteiger partial charge in [-0.05, 0) is 25.7 Å². The number of carbonyl (C=O) groups is 2. The molecule has 0 aromatic heterocycles. The third-order valence-corrected chi connectivity index (χ3v) is 4.65. The van der Waals surface area contributed by atoms with Crippen molar-refractivity contribution in [1.82, 2.24) is 0 Å². The number of carbonyl (C=O) groups excluding carboxylic acids is 2. The highest BCUT2D eigenvalue weighted by Crippen LogP contribution is 2.46. The van der Waals surface area contributed by atoms with Gasteiger partial charge in [-0.3, -0.25) is 9.59 Å². The van der Waals surface area contributed by atoms with E-state index in [1.54, 1.807) is 6.08 Å². The van der Waals surface area contributed by atoms with E-state index in [4.69, 9.17) is 9.47 Å². The first-order valence-corrected chi connectivity index (χ1v) is 7.25. The number of ketones is 1. The van der Waals surface area contributed by atoms with Gasteiger partial charge in [0.25, 0.3) is 0 Å². The Morgan fingerprint density at radius 2 is 2.05 bits per heavy atom. The molecule has 2 bridgehead atoms. The standard InChI is InChI=1S/C15H20O4/c16-13-11-6-8-15(13,9-7-11)14(17)19-10-18-12-4-2-1-3-5-12/h6,8,11-12H,1-5,7,9-10H2. The van der Waals surface area contributed by atoms with Gasteiger partial charge in [0.05, 0.1) is 6.10 Å². The van der Waals surface area contributed by atoms with Crippen molar-refractivity contribution >= 4 is 11.8 Å². The molecule has 0 saturated heterocycles. The Morgan fingerprint density at radius 1 is 1.26 bits per heavy atom. The van der Waals surface area contributed by atoms with E-state index in [1.807, 2.05) is 6.08 Å². The first kappa shape index (κ1) is 12.9. The van der Waals surface area contributed by atoms with Gasteiger partial charge in [-0.25, -0.2) is 0 Å². The number of hydrogen-bond donors (Lipinski definition) is 0. The highest BCUT2D eigenvalue weighted by molar-refractivity contribution is 6.11. The molecule has 0 N–H and O–H groups in total. The van der Waals surface area contributed by atoms with Crippen LogP contribution in [-0.2, 0) is 19.1 Å². The van der Waals surface area contributed by atoms with Gasteiger partial charge in [-0.2, -0.15) is 0 Å². The third kappa shape index (κ3) is 2.22. The molecule has 4 heteroatoms. The summed E-state index contributed by atoms with van der Waals surface area (Å²) in [7, 11) is 0. The van der Waals surface area contributed by atoms with Crippen LogP contribution < -0.4 is 0 Å². The van der Waals surface area contributed by atoms with E-state index in [1.165, 1.54) is 19.3 Å². The molecule has 4 nitrogen and oxygen atoms in total. The number of allylic oxidation sites excluding steroid dienone is 1. The quantitative estimate of drug-likeness (QED) is 0.338. The molecular weight excluding hydrogens is 244 g/mol. The maximum absolute atomic E-state index is 12.1. The van der Waals surface area contributed by atoms with Crippen LogP contribution in [0.2, 0.25) is 0 Å². The summed E-state index contributed by atoms with van der Waals surface area (Å²) < 4.78 is 10.8. The SMILES string of the molecule is O=C(OCOC1CCCCC1)C12C=CC(CC1)C2=O. The summed E-state index contributed by atoms with van der Waals surface area (Å²) in [6.45, 7) is -0.0168. The summed E-state index contributed by atoms with van der Waals surface area (Å²) >= 11 is 0. The third-order valence-electron chi connectivity index (χ3n) is 4.65. The summed E-state index contributed by atoms with van der Waals surface area (Å²) in [5.74, 6) is -0.480. The average Bonchev–Trinajstić information content (AvgIpc) is 2.94. The van der Waals surface area contributed by atoms with Crippen LogP contribution in [0.5, 0.6) is 0 Å². The van der Waals surface area contributed by atoms with Crippen molar-refractivity contribution in [3.05, 3.63) is 12.2 Å². The lowest BCUT2D eigenvalue weighted by molar-refractivity contribution is -0.172. The number of fused-ring (bicyclic) bond motifs is 2. The van der Waals surface area contributed by atoms with Gasteiger partial charge < -0.3 is 9.47 Å². The maximum Gasteiger partial charge on any atom is 0.325 e. The fourth-order valence-corrected chi connectivity index (χ4v) is 3.41. The molecule has 0 aromatic carbocycles. The van der Waals surface area contributed by atoms with Gasteiger partial charge >= 0.3 is 5.97 Å². The zero-order chi connectivity index (χ0) is 13.3. The van der Waals surface area contributed by atoms with Crippen LogP contribution in [-0.4, -0.2) is 24.6 Å². The highest BCUT2D eigenvalue weighted by atomic mass is 16.7. The van der Waals surface area contributed by atoms with E-state index in [-0.39, 0.29) is 24.6 Å². The van der Waals surface area contributed by atoms with E-state index in [0.29, 0.717) is 6.42 Å². The summed E-state index contributed by atoms with van der Waals surface area (Å²) in [6, 6.07) is 0. The molecule has 0 aliphatic heterocycles. The first-order chi connectivity index (χ1) is 9.22. The van der Waals surface area contributed by atoms with E-state index in [2.05, 4.69) is 0 Å². The molecule has 104 valence electrons. The van der Waals surface area contributed by atoms with Gasteiger partial charge in [0.15, 0.2) is 12.6 Å². The second-order valence-corrected chi connectivity index (χ2v) is 5.82. The minimum Gasteiger partial charge on any atom is -0.437 e. The first-order valence-electron chi connectivity index (χ1n) is 7.25. The topological polar surface area (TPSA) is 52.6 Å². The molecule has 2 saturated carbocycles. The lowest BCUT2D eigenvalue weighted by Gasteiger charge is -2.23. The van der Waals surface area contributed by atoms with Crippen LogP contribution in [0.25, 0.3) is 0 Å². The van der Waals surface area contributed by atoms with Crippen molar-refractivity contribution < 1.29 is 19.1 Å². The van der Waals surface area contributed by atoms with Crippen LogP contribution in [0.3, 0.4) is 0 Å². The van der Waals surface area contributed by atoms with Gasteiger partial charge in [-0.15, -0.1) is 0 Å². The summed E-state index contributed by atoms with van der Waals surface area (Å²) in [6.07, 6.45) is 10.9. The van der Waals surface area contributed by atoms with Crippen molar-refractivity contribution in [3.8, 4) is 0 Å². The Hall–Kier alpha value is -1.16. The van der Waals surface area contributed by atoms with E-state index < -0.39 is 11.4 Å². The molecule has 0 heterocycles. The number of Topliss-reactive ketones (excluding diaryl/α,β-unsaturated/α-hetero) is 1. The highest BCUT2D eigenvalue weighted by Gasteiger charge is 2.55. The number of ether oxygens (including phenoxy) is 2. The molecule has 2 fully saturated rings. The summed E-state index contributed by atoms with van der Waals surface area (Å²) in [5.41, 5.74) is -0.986. The van der Waals surface area contributed by atoms with E-state index in [0.717, 1.165) is 19.3 Å². The second-order valence-electron chi connectivity index (χ2n) is 5.82. The number of esters is 1. The minimum absolute atomic E-state index is 0.00941.